The molecular formula is C12H24F3N. The van der Waals surface area contributed by atoms with Crippen LogP contribution in [0.5, 0.6) is 0 Å². The number of rotatable bonds is 10. The molecular weight excluding hydrogens is 215 g/mol. The van der Waals surface area contributed by atoms with E-state index < -0.39 is 12.6 Å². The van der Waals surface area contributed by atoms with Crippen LogP contribution in [0.1, 0.15) is 64.2 Å². The van der Waals surface area contributed by atoms with Gasteiger partial charge >= 0.3 is 6.18 Å². The molecule has 1 nitrogen and oxygen atoms in total. The van der Waals surface area contributed by atoms with Crippen molar-refractivity contribution in [3.8, 4) is 0 Å². The molecule has 0 aliphatic heterocycles. The highest BCUT2D eigenvalue weighted by atomic mass is 19.4. The molecule has 0 aliphatic carbocycles. The smallest absolute Gasteiger partial charge is 0.330 e. The van der Waals surface area contributed by atoms with Crippen molar-refractivity contribution >= 4 is 0 Å². The van der Waals surface area contributed by atoms with E-state index in [1.54, 1.807) is 0 Å². The summed E-state index contributed by atoms with van der Waals surface area (Å²) in [6, 6.07) is 0. The van der Waals surface area contributed by atoms with Crippen LogP contribution in [0.2, 0.25) is 0 Å². The predicted molar refractivity (Wildman–Crippen MR) is 61.3 cm³/mol. The van der Waals surface area contributed by atoms with E-state index in [9.17, 15) is 13.2 Å². The molecule has 0 fully saturated rings. The van der Waals surface area contributed by atoms with Gasteiger partial charge in [-0.15, -0.1) is 0 Å². The Balaban J connectivity index is 2.99. The minimum atomic E-state index is -3.97. The summed E-state index contributed by atoms with van der Waals surface area (Å²) in [5, 5.41) is 0. The molecule has 0 aliphatic rings. The molecule has 0 aromatic carbocycles. The van der Waals surface area contributed by atoms with Crippen molar-refractivity contribution in [1.82, 2.24) is 0 Å². The molecule has 0 unspecified atom stereocenters. The molecule has 4 heteroatoms. The molecule has 0 bridgehead atoms. The van der Waals surface area contributed by atoms with Gasteiger partial charge in [-0.2, -0.15) is 13.2 Å². The molecule has 0 saturated heterocycles. The summed E-state index contributed by atoms with van der Waals surface area (Å²) in [5.41, 5.74) is 5.37. The quantitative estimate of drug-likeness (QED) is 0.561. The Bertz CT molecular complexity index is 146. The minimum Gasteiger partial charge on any atom is -0.330 e. The van der Waals surface area contributed by atoms with E-state index in [-0.39, 0.29) is 6.42 Å². The van der Waals surface area contributed by atoms with Crippen LogP contribution in [0.4, 0.5) is 13.2 Å². The standard InChI is InChI=1S/C12H24F3N/c13-12(14,15)10-8-6-4-2-1-3-5-7-9-11-16/h1-11,16H2. The zero-order valence-corrected chi connectivity index (χ0v) is 9.99. The van der Waals surface area contributed by atoms with Gasteiger partial charge in [0.15, 0.2) is 0 Å². The van der Waals surface area contributed by atoms with Gasteiger partial charge < -0.3 is 5.73 Å². The van der Waals surface area contributed by atoms with E-state index in [0.717, 1.165) is 32.2 Å². The van der Waals surface area contributed by atoms with Crippen LogP contribution in [0.15, 0.2) is 0 Å². The van der Waals surface area contributed by atoms with Gasteiger partial charge in [0.2, 0.25) is 0 Å². The molecule has 0 aromatic heterocycles. The highest BCUT2D eigenvalue weighted by Crippen LogP contribution is 2.23. The van der Waals surface area contributed by atoms with Gasteiger partial charge in [-0.05, 0) is 19.4 Å². The second kappa shape index (κ2) is 9.94. The predicted octanol–water partition coefficient (Wildman–Crippen LogP) is 4.41. The van der Waals surface area contributed by atoms with Crippen LogP contribution >= 0.6 is 0 Å². The second-order valence-corrected chi connectivity index (χ2v) is 4.34. The van der Waals surface area contributed by atoms with E-state index >= 15 is 0 Å². The Morgan fingerprint density at radius 1 is 0.625 bits per heavy atom. The summed E-state index contributed by atoms with van der Waals surface area (Å²) >= 11 is 0. The zero-order chi connectivity index (χ0) is 12.3. The zero-order valence-electron chi connectivity index (χ0n) is 9.99. The topological polar surface area (TPSA) is 26.0 Å². The van der Waals surface area contributed by atoms with Crippen molar-refractivity contribution < 1.29 is 13.2 Å². The van der Waals surface area contributed by atoms with Crippen LogP contribution in [-0.2, 0) is 0 Å². The van der Waals surface area contributed by atoms with E-state index in [0.29, 0.717) is 6.42 Å². The number of hydrogen-bond acceptors (Lipinski definition) is 1. The maximum atomic E-state index is 11.8. The van der Waals surface area contributed by atoms with Crippen molar-refractivity contribution in [2.75, 3.05) is 6.54 Å². The summed E-state index contributed by atoms with van der Waals surface area (Å²) in [6.07, 6.45) is 4.24. The SMILES string of the molecule is NCCCCCCCCCCCC(F)(F)F. The summed E-state index contributed by atoms with van der Waals surface area (Å²) < 4.78 is 35.4. The Hall–Kier alpha value is -0.250. The molecule has 0 radical (unpaired) electrons. The molecule has 0 amide bonds. The maximum Gasteiger partial charge on any atom is 0.389 e. The van der Waals surface area contributed by atoms with E-state index in [2.05, 4.69) is 0 Å². The summed E-state index contributed by atoms with van der Waals surface area (Å²) in [7, 11) is 0. The Morgan fingerprint density at radius 3 is 1.38 bits per heavy atom. The fraction of sp³-hybridized carbons (Fsp3) is 1.00. The first kappa shape index (κ1) is 15.8. The van der Waals surface area contributed by atoms with Crippen molar-refractivity contribution in [3.05, 3.63) is 0 Å². The van der Waals surface area contributed by atoms with Gasteiger partial charge in [-0.3, -0.25) is 0 Å². The van der Waals surface area contributed by atoms with Gasteiger partial charge in [0.25, 0.3) is 0 Å². The van der Waals surface area contributed by atoms with Gasteiger partial charge in [-0.25, -0.2) is 0 Å². The van der Waals surface area contributed by atoms with Crippen LogP contribution in [0, 0.1) is 0 Å². The molecule has 0 saturated carbocycles. The first-order chi connectivity index (χ1) is 7.56. The second-order valence-electron chi connectivity index (χ2n) is 4.34. The average molecular weight is 239 g/mol. The van der Waals surface area contributed by atoms with E-state index in [4.69, 9.17) is 5.73 Å². The van der Waals surface area contributed by atoms with Crippen LogP contribution < -0.4 is 5.73 Å². The summed E-state index contributed by atoms with van der Waals surface area (Å²) in [6.45, 7) is 0.761. The highest BCUT2D eigenvalue weighted by Gasteiger charge is 2.25. The first-order valence-corrected chi connectivity index (χ1v) is 6.33. The fourth-order valence-electron chi connectivity index (χ4n) is 1.71. The largest absolute Gasteiger partial charge is 0.389 e. The third-order valence-electron chi connectivity index (χ3n) is 2.66. The number of halogens is 3. The molecule has 0 atom stereocenters. The summed E-state index contributed by atoms with van der Waals surface area (Å²) in [5.74, 6) is 0. The molecule has 2 N–H and O–H groups in total. The highest BCUT2D eigenvalue weighted by molar-refractivity contribution is 4.52. The first-order valence-electron chi connectivity index (χ1n) is 6.33. The van der Waals surface area contributed by atoms with Gasteiger partial charge in [-0.1, -0.05) is 44.9 Å². The Morgan fingerprint density at radius 2 is 1.00 bits per heavy atom. The number of nitrogens with two attached hydrogens (primary N) is 1. The third kappa shape index (κ3) is 13.8. The van der Waals surface area contributed by atoms with Gasteiger partial charge in [0, 0.05) is 6.42 Å². The fourth-order valence-corrected chi connectivity index (χ4v) is 1.71. The number of hydrogen-bond donors (Lipinski definition) is 1. The Kier molecular flexibility index (Phi) is 9.78. The van der Waals surface area contributed by atoms with Crippen LogP contribution in [-0.4, -0.2) is 12.7 Å². The normalized spacial score (nSPS) is 12.0. The molecule has 0 heterocycles. The maximum absolute atomic E-state index is 11.8. The van der Waals surface area contributed by atoms with Crippen LogP contribution in [0.25, 0.3) is 0 Å². The van der Waals surface area contributed by atoms with Crippen molar-refractivity contribution in [3.63, 3.8) is 0 Å². The molecule has 16 heavy (non-hydrogen) atoms. The lowest BCUT2D eigenvalue weighted by molar-refractivity contribution is -0.135. The lowest BCUT2D eigenvalue weighted by Gasteiger charge is -2.05. The lowest BCUT2D eigenvalue weighted by atomic mass is 10.1. The molecule has 0 rings (SSSR count). The van der Waals surface area contributed by atoms with Gasteiger partial charge in [0.05, 0.1) is 0 Å². The Labute approximate surface area is 96.6 Å². The van der Waals surface area contributed by atoms with Crippen molar-refractivity contribution in [2.45, 2.75) is 70.4 Å². The van der Waals surface area contributed by atoms with E-state index in [1.807, 2.05) is 0 Å². The molecule has 98 valence electrons. The molecule has 0 aromatic rings. The van der Waals surface area contributed by atoms with Gasteiger partial charge in [0.1, 0.15) is 0 Å². The van der Waals surface area contributed by atoms with Crippen molar-refractivity contribution in [2.24, 2.45) is 5.73 Å². The summed E-state index contributed by atoms with van der Waals surface area (Å²) in [4.78, 5) is 0. The van der Waals surface area contributed by atoms with Crippen molar-refractivity contribution in [1.29, 1.82) is 0 Å². The van der Waals surface area contributed by atoms with E-state index in [1.165, 1.54) is 19.3 Å². The monoisotopic (exact) mass is 239 g/mol. The third-order valence-corrected chi connectivity index (χ3v) is 2.66. The number of alkyl halides is 3. The average Bonchev–Trinajstić information content (AvgIpc) is 2.19. The minimum absolute atomic E-state index is 0.288. The lowest BCUT2D eigenvalue weighted by Crippen LogP contribution is -2.06. The molecule has 0 spiro atoms. The number of unbranched alkanes of at least 4 members (excludes halogenated alkanes) is 8. The van der Waals surface area contributed by atoms with Crippen LogP contribution in [0.3, 0.4) is 0 Å².